The molecule has 2 aliphatic rings. The third kappa shape index (κ3) is 5.72. The molecule has 0 aliphatic carbocycles. The summed E-state index contributed by atoms with van der Waals surface area (Å²) in [5.74, 6) is -3.48. The van der Waals surface area contributed by atoms with Gasteiger partial charge in [0.05, 0.1) is 29.4 Å². The molecule has 0 saturated carbocycles. The molecule has 2 aliphatic heterocycles. The lowest BCUT2D eigenvalue weighted by atomic mass is 9.94. The molecule has 0 radical (unpaired) electrons. The number of esters is 3. The molecule has 1 aromatic rings. The maximum atomic E-state index is 12.8. The van der Waals surface area contributed by atoms with Crippen LogP contribution in [-0.4, -0.2) is 85.1 Å². The number of hydrogen-bond donors (Lipinski definition) is 3. The van der Waals surface area contributed by atoms with Gasteiger partial charge >= 0.3 is 17.9 Å². The second kappa shape index (κ2) is 11.9. The Morgan fingerprint density at radius 1 is 1.11 bits per heavy atom. The van der Waals surface area contributed by atoms with Gasteiger partial charge in [-0.15, -0.1) is 0 Å². The Kier molecular flexibility index (Phi) is 6.70. The van der Waals surface area contributed by atoms with Gasteiger partial charge in [-0.05, 0) is 32.3 Å². The second-order valence-electron chi connectivity index (χ2n) is 8.56. The number of ether oxygens (including phenoxy) is 6. The first-order valence-corrected chi connectivity index (χ1v) is 11.2. The van der Waals surface area contributed by atoms with Crippen LogP contribution in [-0.2, 0) is 41.6 Å². The predicted octanol–water partition coefficient (Wildman–Crippen LogP) is 0.475. The summed E-state index contributed by atoms with van der Waals surface area (Å²) in [6.07, 6.45) is -8.34. The molecule has 204 valence electrons. The first-order chi connectivity index (χ1) is 19.8. The number of methoxy groups -OCH3 is 3. The van der Waals surface area contributed by atoms with E-state index in [-0.39, 0.29) is 59.6 Å². The molecule has 0 spiro atoms. The van der Waals surface area contributed by atoms with Gasteiger partial charge in [0.25, 0.3) is 0 Å². The summed E-state index contributed by atoms with van der Waals surface area (Å²) in [6, 6.07) is 0. The van der Waals surface area contributed by atoms with E-state index < -0.39 is 62.7 Å². The molecule has 2 heterocycles. The summed E-state index contributed by atoms with van der Waals surface area (Å²) in [7, 11) is -4.87. The van der Waals surface area contributed by atoms with Crippen molar-refractivity contribution in [3.05, 3.63) is 33.9 Å². The summed E-state index contributed by atoms with van der Waals surface area (Å²) in [5, 5.41) is 31.2. The molecular weight excluding hydrogens is 492 g/mol. The first kappa shape index (κ1) is 20.8. The van der Waals surface area contributed by atoms with Crippen molar-refractivity contribution >= 4 is 17.9 Å². The fourth-order valence-electron chi connectivity index (χ4n) is 4.10. The highest BCUT2D eigenvalue weighted by atomic mass is 16.7. The van der Waals surface area contributed by atoms with Crippen LogP contribution in [0.4, 0.5) is 0 Å². The summed E-state index contributed by atoms with van der Waals surface area (Å²) < 4.78 is 74.8. The Labute approximate surface area is 222 Å². The molecule has 1 aromatic carbocycles. The molecule has 12 heteroatoms. The normalized spacial score (nSPS) is 28.3. The number of fused-ring (bicyclic) bond motifs is 1. The van der Waals surface area contributed by atoms with Gasteiger partial charge in [-0.1, -0.05) is 11.6 Å². The highest BCUT2D eigenvalue weighted by Crippen LogP contribution is 2.44. The maximum absolute atomic E-state index is 12.8. The minimum absolute atomic E-state index is 0.0262. The zero-order chi connectivity index (χ0) is 32.4. The minimum atomic E-state index is -2.97. The van der Waals surface area contributed by atoms with Crippen molar-refractivity contribution in [1.29, 1.82) is 0 Å². The van der Waals surface area contributed by atoms with Crippen molar-refractivity contribution < 1.29 is 66.3 Å². The fourth-order valence-corrected chi connectivity index (χ4v) is 4.10. The van der Waals surface area contributed by atoms with Gasteiger partial charge in [0.1, 0.15) is 42.0 Å². The van der Waals surface area contributed by atoms with E-state index in [1.54, 1.807) is 6.92 Å². The van der Waals surface area contributed by atoms with E-state index in [1.165, 1.54) is 13.0 Å². The lowest BCUT2D eigenvalue weighted by molar-refractivity contribution is -0.272. The molecule has 0 unspecified atom stereocenters. The van der Waals surface area contributed by atoms with Gasteiger partial charge in [-0.3, -0.25) is 4.79 Å². The minimum Gasteiger partial charge on any atom is -0.496 e. The first-order valence-electron chi connectivity index (χ1n) is 14.2. The Morgan fingerprint density at radius 2 is 1.86 bits per heavy atom. The molecule has 3 N–H and O–H groups in total. The molecule has 1 saturated heterocycles. The van der Waals surface area contributed by atoms with Crippen LogP contribution < -0.4 is 9.47 Å². The topological polar surface area (TPSA) is 167 Å². The van der Waals surface area contributed by atoms with Crippen molar-refractivity contribution in [2.45, 2.75) is 70.4 Å². The van der Waals surface area contributed by atoms with Gasteiger partial charge in [-0.25, -0.2) is 9.59 Å². The van der Waals surface area contributed by atoms with E-state index in [1.807, 2.05) is 0 Å². The molecule has 0 amide bonds. The van der Waals surface area contributed by atoms with Crippen molar-refractivity contribution in [2.24, 2.45) is 0 Å². The molecule has 1 fully saturated rings. The summed E-state index contributed by atoms with van der Waals surface area (Å²) in [5.41, 5.74) is 0.809. The number of allylic oxidation sites excluding steroid dienone is 2. The molecule has 0 aromatic heterocycles. The van der Waals surface area contributed by atoms with Crippen LogP contribution in [0.1, 0.15) is 55.0 Å². The van der Waals surface area contributed by atoms with Crippen molar-refractivity contribution in [1.82, 2.24) is 0 Å². The molecule has 3 rings (SSSR count). The fraction of sp³-hybridized carbons (Fsp3) is 0.560. The number of aliphatic hydroxyl groups excluding tert-OH is 3. The quantitative estimate of drug-likeness (QED) is 0.230. The largest absolute Gasteiger partial charge is 0.496 e. The van der Waals surface area contributed by atoms with E-state index in [2.05, 4.69) is 9.47 Å². The summed E-state index contributed by atoms with van der Waals surface area (Å²) in [6.45, 7) is 2.83. The van der Waals surface area contributed by atoms with E-state index in [0.29, 0.717) is 5.57 Å². The van der Waals surface area contributed by atoms with Gasteiger partial charge < -0.3 is 43.7 Å². The number of cyclic esters (lactones) is 1. The Balaban J connectivity index is 2.08. The Bertz CT molecular complexity index is 1270. The molecule has 5 atom stereocenters. The van der Waals surface area contributed by atoms with E-state index in [0.717, 1.165) is 7.11 Å². The lowest BCUT2D eigenvalue weighted by Crippen LogP contribution is -2.61. The highest BCUT2D eigenvalue weighted by molar-refractivity contribution is 5.98. The maximum Gasteiger partial charge on any atom is 0.342 e. The third-order valence-electron chi connectivity index (χ3n) is 6.25. The van der Waals surface area contributed by atoms with Gasteiger partial charge in [-0.2, -0.15) is 0 Å². The zero-order valence-electron chi connectivity index (χ0n) is 26.3. The van der Waals surface area contributed by atoms with E-state index in [9.17, 15) is 29.7 Å². The predicted molar refractivity (Wildman–Crippen MR) is 125 cm³/mol. The molecular formula is C25H32O12. The molecule has 12 nitrogen and oxygen atoms in total. The van der Waals surface area contributed by atoms with Crippen LogP contribution in [0.2, 0.25) is 0 Å². The Hall–Kier alpha value is -3.19. The smallest absolute Gasteiger partial charge is 0.342 e. The van der Waals surface area contributed by atoms with Gasteiger partial charge in [0, 0.05) is 17.5 Å². The van der Waals surface area contributed by atoms with Crippen molar-refractivity contribution in [3.8, 4) is 11.5 Å². The monoisotopic (exact) mass is 530 g/mol. The summed E-state index contributed by atoms with van der Waals surface area (Å²) in [4.78, 5) is 36.8. The third-order valence-corrected chi connectivity index (χ3v) is 6.25. The van der Waals surface area contributed by atoms with Crippen LogP contribution in [0.25, 0.3) is 0 Å². The van der Waals surface area contributed by atoms with Crippen LogP contribution >= 0.6 is 0 Å². The number of carbonyl (C=O) groups excluding carboxylic acids is 3. The highest BCUT2D eigenvalue weighted by Gasteiger charge is 2.49. The second-order valence-corrected chi connectivity index (χ2v) is 8.56. The zero-order valence-corrected chi connectivity index (χ0v) is 20.3. The number of carbonyl (C=O) groups is 3. The lowest BCUT2D eigenvalue weighted by Gasteiger charge is -2.39. The molecule has 0 bridgehead atoms. The number of aliphatic hydroxyl groups is 3. The average molecular weight is 531 g/mol. The summed E-state index contributed by atoms with van der Waals surface area (Å²) >= 11 is 0. The number of hydrogen-bond acceptors (Lipinski definition) is 12. The van der Waals surface area contributed by atoms with E-state index in [4.69, 9.17) is 27.2 Å². The molecule has 37 heavy (non-hydrogen) atoms. The van der Waals surface area contributed by atoms with Gasteiger partial charge in [0.15, 0.2) is 6.10 Å². The van der Waals surface area contributed by atoms with Crippen molar-refractivity contribution in [2.75, 3.05) is 21.2 Å². The van der Waals surface area contributed by atoms with Crippen LogP contribution in [0, 0.1) is 6.92 Å². The van der Waals surface area contributed by atoms with E-state index >= 15 is 0 Å². The standard InChI is InChI=1S/C25H32O12/c1-11(7-9-15(26)32-3)6-8-13-20(33-4)12(2)14-10-35-23(30)16(14)21(13)36-25-19(29)17(27)18(28)22(37-25)24(31)34-5/h6,17-19,22,25,27-29H,7-10H2,1-5H3/b11-6+/t17-,18-,19+,22-,25+/m0/s1/i3D3,4D3. The van der Waals surface area contributed by atoms with Crippen LogP contribution in [0.5, 0.6) is 11.5 Å². The number of benzene rings is 1. The SMILES string of the molecule is [2H]C([2H])([2H])OC(=O)CC/C(C)=C/Cc1c(OC([2H])([2H])[2H])c(C)c2c(c1O[C@@H]1O[C@H](C(=O)OC)[C@@H](O)[C@H](O)[C@H]1O)C(=O)OC2. The Morgan fingerprint density at radius 3 is 2.54 bits per heavy atom. The average Bonchev–Trinajstić information content (AvgIpc) is 3.29. The van der Waals surface area contributed by atoms with Crippen molar-refractivity contribution in [3.63, 3.8) is 0 Å². The van der Waals surface area contributed by atoms with Crippen LogP contribution in [0.15, 0.2) is 11.6 Å². The number of rotatable bonds is 9. The van der Waals surface area contributed by atoms with Gasteiger partial charge in [0.2, 0.25) is 6.29 Å². The van der Waals surface area contributed by atoms with Crippen LogP contribution in [0.3, 0.4) is 0 Å².